The van der Waals surface area contributed by atoms with E-state index in [2.05, 4.69) is 12.6 Å². The van der Waals surface area contributed by atoms with E-state index >= 15 is 0 Å². The number of carbonyl (C=O) groups is 1. The first-order chi connectivity index (χ1) is 5.13. The third-order valence-electron chi connectivity index (χ3n) is 0.756. The van der Waals surface area contributed by atoms with Crippen LogP contribution in [0.2, 0.25) is 0 Å². The van der Waals surface area contributed by atoms with Crippen LogP contribution in [0, 0.1) is 0 Å². The van der Waals surface area contributed by atoms with Crippen molar-refractivity contribution in [3.8, 4) is 0 Å². The van der Waals surface area contributed by atoms with Crippen LogP contribution in [0.3, 0.4) is 0 Å². The van der Waals surface area contributed by atoms with Gasteiger partial charge in [0.1, 0.15) is 0 Å². The summed E-state index contributed by atoms with van der Waals surface area (Å²) in [6.45, 7) is 0. The van der Waals surface area contributed by atoms with E-state index in [4.69, 9.17) is 15.0 Å². The molecule has 3 nitrogen and oxygen atoms in total. The molecule has 1 aromatic rings. The number of benzene rings is 1. The summed E-state index contributed by atoms with van der Waals surface area (Å²) in [6, 6.07) is 9.79. The zero-order valence-corrected chi connectivity index (χ0v) is 6.53. The third kappa shape index (κ3) is 13.5. The van der Waals surface area contributed by atoms with Crippen molar-refractivity contribution < 1.29 is 15.0 Å². The summed E-state index contributed by atoms with van der Waals surface area (Å²) < 4.78 is 0. The molecule has 0 bridgehead atoms. The van der Waals surface area contributed by atoms with Gasteiger partial charge in [0, 0.05) is 4.90 Å². The van der Waals surface area contributed by atoms with Crippen LogP contribution in [0.1, 0.15) is 0 Å². The second kappa shape index (κ2) is 9.98. The maximum absolute atomic E-state index is 8.56. The Morgan fingerprint density at radius 3 is 1.67 bits per heavy atom. The molecule has 0 aliphatic rings. The Balaban J connectivity index is 0. The van der Waals surface area contributed by atoms with Crippen molar-refractivity contribution in [2.24, 2.45) is 0 Å². The van der Waals surface area contributed by atoms with Crippen molar-refractivity contribution in [1.29, 1.82) is 0 Å². The predicted octanol–water partition coefficient (Wildman–Crippen LogP) is 1.55. The van der Waals surface area contributed by atoms with Crippen LogP contribution in [0.15, 0.2) is 35.2 Å². The fourth-order valence-corrected chi connectivity index (χ4v) is 0.600. The van der Waals surface area contributed by atoms with Crippen LogP contribution in [-0.2, 0) is 0 Å². The van der Waals surface area contributed by atoms with Crippen LogP contribution in [0.25, 0.3) is 0 Å². The van der Waals surface area contributed by atoms with Gasteiger partial charge in [0.05, 0.1) is 0 Å². The molecule has 0 amide bonds. The maximum atomic E-state index is 8.56. The van der Waals surface area contributed by atoms with Crippen molar-refractivity contribution in [3.05, 3.63) is 30.3 Å². The molecule has 0 saturated carbocycles. The monoisotopic (exact) mass is 306 g/mol. The topological polar surface area (TPSA) is 57.5 Å². The molecule has 12 heavy (non-hydrogen) atoms. The number of rotatable bonds is 0. The first kappa shape index (κ1) is 15.4. The average Bonchev–Trinajstić information content (AvgIpc) is 1.87. The van der Waals surface area contributed by atoms with Gasteiger partial charge in [-0.25, -0.2) is 4.79 Å². The standard InChI is InChI=1S/C6H6S.CH2O3.Cs.H/c7-6-4-2-1-3-5-6;2-1(3)4;;/h1-5,7H;(H2,2,3,4);;. The Kier molecular flexibility index (Phi) is 12.8. The molecule has 5 heteroatoms. The van der Waals surface area contributed by atoms with Crippen LogP contribution in [0.4, 0.5) is 4.79 Å². The van der Waals surface area contributed by atoms with Gasteiger partial charge in [-0.05, 0) is 12.1 Å². The summed E-state index contributed by atoms with van der Waals surface area (Å²) in [5.74, 6) is 0. The van der Waals surface area contributed by atoms with Gasteiger partial charge in [-0.15, -0.1) is 12.6 Å². The Labute approximate surface area is 135 Å². The van der Waals surface area contributed by atoms with Crippen LogP contribution in [0.5, 0.6) is 0 Å². The van der Waals surface area contributed by atoms with Gasteiger partial charge >= 0.3 is 75.0 Å². The van der Waals surface area contributed by atoms with E-state index in [1.807, 2.05) is 30.3 Å². The summed E-state index contributed by atoms with van der Waals surface area (Å²) in [6.07, 6.45) is -1.83. The van der Waals surface area contributed by atoms with Gasteiger partial charge in [0.25, 0.3) is 0 Å². The van der Waals surface area contributed by atoms with E-state index in [0.29, 0.717) is 0 Å². The molecular weight excluding hydrogens is 297 g/mol. The van der Waals surface area contributed by atoms with E-state index in [9.17, 15) is 0 Å². The minimum absolute atomic E-state index is 0. The second-order valence-corrected chi connectivity index (χ2v) is 2.13. The molecule has 0 heterocycles. The van der Waals surface area contributed by atoms with Crippen molar-refractivity contribution in [2.75, 3.05) is 0 Å². The summed E-state index contributed by atoms with van der Waals surface area (Å²) in [5, 5.41) is 13.9. The molecule has 0 radical (unpaired) electrons. The average molecular weight is 306 g/mol. The summed E-state index contributed by atoms with van der Waals surface area (Å²) >= 11 is 4.08. The predicted molar refractivity (Wildman–Crippen MR) is 51.5 cm³/mol. The van der Waals surface area contributed by atoms with Gasteiger partial charge in [-0.3, -0.25) is 0 Å². The molecule has 62 valence electrons. The van der Waals surface area contributed by atoms with E-state index in [1.54, 1.807) is 0 Å². The van der Waals surface area contributed by atoms with Crippen LogP contribution < -0.4 is 0 Å². The SMILES string of the molecule is O=C(O)O.Sc1ccccc1.[CsH]. The Hall–Kier alpha value is 0.892. The Bertz CT molecular complexity index is 211. The first-order valence-corrected chi connectivity index (χ1v) is 3.23. The summed E-state index contributed by atoms with van der Waals surface area (Å²) in [5.41, 5.74) is 0. The number of hydrogen-bond acceptors (Lipinski definition) is 2. The zero-order chi connectivity index (χ0) is 8.69. The molecule has 0 saturated heterocycles. The molecule has 0 atom stereocenters. The molecule has 0 aliphatic heterocycles. The van der Waals surface area contributed by atoms with E-state index in [-0.39, 0.29) is 68.9 Å². The normalized spacial score (nSPS) is 7.08. The molecule has 0 spiro atoms. The number of thiol groups is 1. The quantitative estimate of drug-likeness (QED) is 0.638. The fourth-order valence-electron chi connectivity index (χ4n) is 0.428. The molecule has 0 unspecified atom stereocenters. The van der Waals surface area contributed by atoms with Crippen molar-refractivity contribution in [1.82, 2.24) is 0 Å². The fraction of sp³-hybridized carbons (Fsp3) is 0. The van der Waals surface area contributed by atoms with Crippen molar-refractivity contribution in [3.63, 3.8) is 0 Å². The van der Waals surface area contributed by atoms with Crippen LogP contribution >= 0.6 is 12.6 Å². The molecule has 0 aromatic heterocycles. The van der Waals surface area contributed by atoms with E-state index in [0.717, 1.165) is 4.90 Å². The molecular formula is C7H9CsO3S. The Morgan fingerprint density at radius 1 is 1.17 bits per heavy atom. The molecule has 0 aliphatic carbocycles. The minimum atomic E-state index is -1.83. The van der Waals surface area contributed by atoms with Crippen molar-refractivity contribution >= 4 is 87.7 Å². The van der Waals surface area contributed by atoms with E-state index in [1.165, 1.54) is 0 Å². The summed E-state index contributed by atoms with van der Waals surface area (Å²) in [7, 11) is 0. The molecule has 0 fully saturated rings. The third-order valence-corrected chi connectivity index (χ3v) is 1.05. The van der Waals surface area contributed by atoms with Gasteiger partial charge < -0.3 is 10.2 Å². The van der Waals surface area contributed by atoms with Crippen LogP contribution in [-0.4, -0.2) is 85.3 Å². The van der Waals surface area contributed by atoms with Gasteiger partial charge in [0.2, 0.25) is 0 Å². The van der Waals surface area contributed by atoms with Gasteiger partial charge in [-0.1, -0.05) is 18.2 Å². The van der Waals surface area contributed by atoms with Crippen molar-refractivity contribution in [2.45, 2.75) is 4.90 Å². The Morgan fingerprint density at radius 2 is 1.50 bits per heavy atom. The molecule has 1 aromatic carbocycles. The molecule has 2 N–H and O–H groups in total. The second-order valence-electron chi connectivity index (χ2n) is 1.62. The number of hydrogen-bond donors (Lipinski definition) is 3. The van der Waals surface area contributed by atoms with Gasteiger partial charge in [0.15, 0.2) is 0 Å². The number of carboxylic acid groups (broad SMARTS) is 2. The van der Waals surface area contributed by atoms with Gasteiger partial charge in [-0.2, -0.15) is 0 Å². The first-order valence-electron chi connectivity index (χ1n) is 2.79. The van der Waals surface area contributed by atoms with E-state index < -0.39 is 6.16 Å². The molecule has 1 rings (SSSR count). The zero-order valence-electron chi connectivity index (χ0n) is 5.64. The summed E-state index contributed by atoms with van der Waals surface area (Å²) in [4.78, 5) is 9.57.